The van der Waals surface area contributed by atoms with Crippen LogP contribution in [0, 0.1) is 6.92 Å². The van der Waals surface area contributed by atoms with Crippen molar-refractivity contribution in [3.05, 3.63) is 34.2 Å². The first-order chi connectivity index (χ1) is 6.58. The predicted molar refractivity (Wildman–Crippen MR) is 57.6 cm³/mol. The topological polar surface area (TPSA) is 34.4 Å². The molecule has 14 heavy (non-hydrogen) atoms. The number of ketones is 1. The lowest BCUT2D eigenvalue weighted by Gasteiger charge is -1.97. The van der Waals surface area contributed by atoms with Gasteiger partial charge in [0.15, 0.2) is 5.78 Å². The van der Waals surface area contributed by atoms with Gasteiger partial charge in [-0.3, -0.25) is 4.79 Å². The summed E-state index contributed by atoms with van der Waals surface area (Å²) in [5.41, 5.74) is 2.39. The van der Waals surface area contributed by atoms with Gasteiger partial charge < -0.3 is 4.40 Å². The lowest BCUT2D eigenvalue weighted by molar-refractivity contribution is 0.101. The molecule has 0 aliphatic rings. The van der Waals surface area contributed by atoms with Crippen molar-refractivity contribution in [2.75, 3.05) is 0 Å². The molecule has 0 spiro atoms. The van der Waals surface area contributed by atoms with Crippen molar-refractivity contribution in [3.63, 3.8) is 0 Å². The first kappa shape index (κ1) is 9.40. The second kappa shape index (κ2) is 3.20. The van der Waals surface area contributed by atoms with Crippen LogP contribution in [0.4, 0.5) is 0 Å². The molecule has 3 nitrogen and oxygen atoms in total. The number of carbonyl (C=O) groups excluding carboxylic acids is 1. The summed E-state index contributed by atoms with van der Waals surface area (Å²) in [6, 6.07) is 1.98. The van der Waals surface area contributed by atoms with Gasteiger partial charge in [0.2, 0.25) is 0 Å². The summed E-state index contributed by atoms with van der Waals surface area (Å²) >= 11 is 3.40. The van der Waals surface area contributed by atoms with E-state index < -0.39 is 0 Å². The highest BCUT2D eigenvalue weighted by atomic mass is 79.9. The van der Waals surface area contributed by atoms with Gasteiger partial charge in [-0.15, -0.1) is 0 Å². The quantitative estimate of drug-likeness (QED) is 0.732. The van der Waals surface area contributed by atoms with Crippen LogP contribution in [0.15, 0.2) is 22.9 Å². The minimum absolute atomic E-state index is 0.00998. The average molecular weight is 253 g/mol. The molecule has 0 radical (unpaired) electrons. The molecule has 0 aliphatic carbocycles. The molecule has 0 aliphatic heterocycles. The molecule has 0 unspecified atom stereocenters. The van der Waals surface area contributed by atoms with Crippen molar-refractivity contribution in [2.24, 2.45) is 0 Å². The van der Waals surface area contributed by atoms with Gasteiger partial charge in [-0.2, -0.15) is 0 Å². The number of aryl methyl sites for hydroxylation is 1. The molecule has 0 aromatic carbocycles. The van der Waals surface area contributed by atoms with Crippen LogP contribution in [0.1, 0.15) is 23.0 Å². The fraction of sp³-hybridized carbons (Fsp3) is 0.200. The Bertz CT molecular complexity index is 516. The average Bonchev–Trinajstić information content (AvgIpc) is 2.47. The molecule has 4 heteroatoms. The third-order valence-corrected chi connectivity index (χ3v) is 2.50. The van der Waals surface area contributed by atoms with Crippen LogP contribution < -0.4 is 0 Å². The van der Waals surface area contributed by atoms with Crippen LogP contribution in [0.5, 0.6) is 0 Å². The van der Waals surface area contributed by atoms with Crippen LogP contribution in [0.25, 0.3) is 5.65 Å². The molecule has 2 rings (SSSR count). The Labute approximate surface area is 89.9 Å². The maximum absolute atomic E-state index is 11.1. The number of Topliss-reactive ketones (excluding diaryl/α,β-unsaturated/α-hetero) is 1. The standard InChI is InChI=1S/C10H9BrN2O/c1-6-3-8(11)4-13-5-9(7(2)14)12-10(6)13/h3-5H,1-2H3. The van der Waals surface area contributed by atoms with E-state index >= 15 is 0 Å². The summed E-state index contributed by atoms with van der Waals surface area (Å²) in [6.45, 7) is 3.49. The molecular weight excluding hydrogens is 244 g/mol. The summed E-state index contributed by atoms with van der Waals surface area (Å²) in [6.07, 6.45) is 3.64. The molecule has 2 aromatic rings. The molecular formula is C10H9BrN2O. The second-order valence-electron chi connectivity index (χ2n) is 3.25. The van der Waals surface area contributed by atoms with Crippen LogP contribution in [-0.2, 0) is 0 Å². The zero-order valence-corrected chi connectivity index (χ0v) is 9.50. The van der Waals surface area contributed by atoms with Crippen molar-refractivity contribution in [3.8, 4) is 0 Å². The molecule has 72 valence electrons. The number of pyridine rings is 1. The number of fused-ring (bicyclic) bond motifs is 1. The highest BCUT2D eigenvalue weighted by Gasteiger charge is 2.07. The third kappa shape index (κ3) is 1.46. The largest absolute Gasteiger partial charge is 0.305 e. The van der Waals surface area contributed by atoms with Gasteiger partial charge in [0.25, 0.3) is 0 Å². The smallest absolute Gasteiger partial charge is 0.179 e. The van der Waals surface area contributed by atoms with Gasteiger partial charge in [0.05, 0.1) is 0 Å². The zero-order valence-electron chi connectivity index (χ0n) is 7.91. The molecule has 0 saturated heterocycles. The van der Waals surface area contributed by atoms with Gasteiger partial charge in [0, 0.05) is 23.8 Å². The van der Waals surface area contributed by atoms with Crippen LogP contribution in [0.2, 0.25) is 0 Å². The minimum atomic E-state index is -0.00998. The van der Waals surface area contributed by atoms with Crippen molar-refractivity contribution in [2.45, 2.75) is 13.8 Å². The number of nitrogens with zero attached hydrogens (tertiary/aromatic N) is 2. The van der Waals surface area contributed by atoms with Gasteiger partial charge in [0.1, 0.15) is 11.3 Å². The maximum atomic E-state index is 11.1. The van der Waals surface area contributed by atoms with Gasteiger partial charge >= 0.3 is 0 Å². The lowest BCUT2D eigenvalue weighted by Crippen LogP contribution is -1.90. The van der Waals surface area contributed by atoms with Crippen molar-refractivity contribution < 1.29 is 4.79 Å². The molecule has 0 bridgehead atoms. The number of imidazole rings is 1. The number of hydrogen-bond acceptors (Lipinski definition) is 2. The zero-order chi connectivity index (χ0) is 10.3. The van der Waals surface area contributed by atoms with Gasteiger partial charge in [-0.05, 0) is 34.5 Å². The Hall–Kier alpha value is -1.16. The first-order valence-electron chi connectivity index (χ1n) is 4.24. The Morgan fingerprint density at radius 2 is 2.21 bits per heavy atom. The Kier molecular flexibility index (Phi) is 2.15. The van der Waals surface area contributed by atoms with Crippen LogP contribution >= 0.6 is 15.9 Å². The number of rotatable bonds is 1. The molecule has 0 amide bonds. The van der Waals surface area contributed by atoms with E-state index in [1.807, 2.05) is 23.6 Å². The Morgan fingerprint density at radius 1 is 1.50 bits per heavy atom. The fourth-order valence-electron chi connectivity index (χ4n) is 1.39. The monoisotopic (exact) mass is 252 g/mol. The van der Waals surface area contributed by atoms with Crippen LogP contribution in [-0.4, -0.2) is 15.2 Å². The highest BCUT2D eigenvalue weighted by molar-refractivity contribution is 9.10. The molecule has 0 atom stereocenters. The summed E-state index contributed by atoms with van der Waals surface area (Å²) in [5.74, 6) is -0.00998. The van der Waals surface area contributed by atoms with Crippen molar-refractivity contribution >= 4 is 27.4 Å². The van der Waals surface area contributed by atoms with E-state index in [0.29, 0.717) is 5.69 Å². The molecule has 0 saturated carbocycles. The number of hydrogen-bond donors (Lipinski definition) is 0. The lowest BCUT2D eigenvalue weighted by atomic mass is 10.3. The van der Waals surface area contributed by atoms with E-state index in [-0.39, 0.29) is 5.78 Å². The molecule has 0 N–H and O–H groups in total. The fourth-order valence-corrected chi connectivity index (χ4v) is 1.96. The molecule has 0 fully saturated rings. The van der Waals surface area contributed by atoms with E-state index in [1.54, 1.807) is 6.20 Å². The van der Waals surface area contributed by atoms with E-state index in [2.05, 4.69) is 20.9 Å². The molecule has 2 aromatic heterocycles. The van der Waals surface area contributed by atoms with Gasteiger partial charge in [-0.25, -0.2) is 4.98 Å². The third-order valence-electron chi connectivity index (χ3n) is 2.06. The summed E-state index contributed by atoms with van der Waals surface area (Å²) < 4.78 is 2.84. The molecule has 2 heterocycles. The second-order valence-corrected chi connectivity index (χ2v) is 4.17. The summed E-state index contributed by atoms with van der Waals surface area (Å²) in [5, 5.41) is 0. The number of aromatic nitrogens is 2. The Morgan fingerprint density at radius 3 is 2.86 bits per heavy atom. The SMILES string of the molecule is CC(=O)c1cn2cc(Br)cc(C)c2n1. The van der Waals surface area contributed by atoms with Gasteiger partial charge in [-0.1, -0.05) is 0 Å². The number of carbonyl (C=O) groups is 1. The van der Waals surface area contributed by atoms with E-state index in [0.717, 1.165) is 15.7 Å². The maximum Gasteiger partial charge on any atom is 0.179 e. The van der Waals surface area contributed by atoms with Crippen molar-refractivity contribution in [1.29, 1.82) is 0 Å². The summed E-state index contributed by atoms with van der Waals surface area (Å²) in [7, 11) is 0. The van der Waals surface area contributed by atoms with Crippen molar-refractivity contribution in [1.82, 2.24) is 9.38 Å². The summed E-state index contributed by atoms with van der Waals surface area (Å²) in [4.78, 5) is 15.4. The minimum Gasteiger partial charge on any atom is -0.305 e. The van der Waals surface area contributed by atoms with E-state index in [1.165, 1.54) is 6.92 Å². The normalized spacial score (nSPS) is 10.8. The van der Waals surface area contributed by atoms with E-state index in [4.69, 9.17) is 0 Å². The van der Waals surface area contributed by atoms with E-state index in [9.17, 15) is 4.79 Å². The van der Waals surface area contributed by atoms with Crippen LogP contribution in [0.3, 0.4) is 0 Å². The predicted octanol–water partition coefficient (Wildman–Crippen LogP) is 2.61. The number of halogens is 1. The first-order valence-corrected chi connectivity index (χ1v) is 5.03. The Balaban J connectivity index is 2.76. The highest BCUT2D eigenvalue weighted by Crippen LogP contribution is 2.17.